The summed E-state index contributed by atoms with van der Waals surface area (Å²) in [6.07, 6.45) is 2.76. The Morgan fingerprint density at radius 1 is 1.18 bits per heavy atom. The molecule has 0 saturated heterocycles. The lowest BCUT2D eigenvalue weighted by atomic mass is 10.1. The Morgan fingerprint density at radius 3 is 2.54 bits per heavy atom. The highest BCUT2D eigenvalue weighted by molar-refractivity contribution is 7.86. The van der Waals surface area contributed by atoms with Gasteiger partial charge in [0.15, 0.2) is 0 Å². The SMILES string of the molecule is CCC(C)N(Cc1cccc(OS(C)(=O)=O)c1)C(=O)C1CC1c1ccccc1. The number of rotatable bonds is 8. The van der Waals surface area contributed by atoms with Crippen molar-refractivity contribution < 1.29 is 17.4 Å². The maximum Gasteiger partial charge on any atom is 0.306 e. The third-order valence-electron chi connectivity index (χ3n) is 5.24. The fraction of sp³-hybridized carbons (Fsp3) is 0.409. The molecule has 0 heterocycles. The summed E-state index contributed by atoms with van der Waals surface area (Å²) in [4.78, 5) is 15.1. The third kappa shape index (κ3) is 5.13. The molecule has 6 heteroatoms. The fourth-order valence-corrected chi connectivity index (χ4v) is 3.94. The summed E-state index contributed by atoms with van der Waals surface area (Å²) in [5, 5.41) is 0. The molecule has 0 N–H and O–H groups in total. The number of hydrogen-bond acceptors (Lipinski definition) is 4. The fourth-order valence-electron chi connectivity index (χ4n) is 3.49. The Morgan fingerprint density at radius 2 is 1.89 bits per heavy atom. The lowest BCUT2D eigenvalue weighted by Crippen LogP contribution is -2.39. The zero-order valence-corrected chi connectivity index (χ0v) is 17.4. The number of carbonyl (C=O) groups excluding carboxylic acids is 1. The minimum Gasteiger partial charge on any atom is -0.383 e. The minimum atomic E-state index is -3.58. The van der Waals surface area contributed by atoms with E-state index in [1.54, 1.807) is 18.2 Å². The Bertz CT molecular complexity index is 927. The van der Waals surface area contributed by atoms with Gasteiger partial charge in [0.2, 0.25) is 5.91 Å². The Balaban J connectivity index is 1.75. The van der Waals surface area contributed by atoms with Gasteiger partial charge >= 0.3 is 10.1 Å². The average Bonchev–Trinajstić information content (AvgIpc) is 3.45. The molecule has 1 fully saturated rings. The molecule has 3 unspecified atom stereocenters. The molecule has 0 aliphatic heterocycles. The van der Waals surface area contributed by atoms with Crippen molar-refractivity contribution in [2.45, 2.75) is 45.2 Å². The molecule has 2 aromatic carbocycles. The Kier molecular flexibility index (Phi) is 6.08. The zero-order valence-electron chi connectivity index (χ0n) is 16.5. The number of carbonyl (C=O) groups is 1. The predicted molar refractivity (Wildman–Crippen MR) is 110 cm³/mol. The first kappa shape index (κ1) is 20.4. The van der Waals surface area contributed by atoms with Crippen molar-refractivity contribution in [3.63, 3.8) is 0 Å². The average molecular weight is 402 g/mol. The monoisotopic (exact) mass is 401 g/mol. The first-order valence-corrected chi connectivity index (χ1v) is 11.4. The van der Waals surface area contributed by atoms with Crippen LogP contribution in [0.1, 0.15) is 43.7 Å². The predicted octanol–water partition coefficient (Wildman–Crippen LogP) is 3.96. The first-order chi connectivity index (χ1) is 13.3. The van der Waals surface area contributed by atoms with Crippen molar-refractivity contribution in [2.24, 2.45) is 5.92 Å². The minimum absolute atomic E-state index is 0.0202. The second-order valence-corrected chi connectivity index (χ2v) is 9.09. The van der Waals surface area contributed by atoms with E-state index < -0.39 is 10.1 Å². The number of nitrogens with zero attached hydrogens (tertiary/aromatic N) is 1. The molecule has 0 radical (unpaired) electrons. The van der Waals surface area contributed by atoms with Crippen LogP contribution >= 0.6 is 0 Å². The van der Waals surface area contributed by atoms with Crippen LogP contribution in [0.5, 0.6) is 5.75 Å². The summed E-state index contributed by atoms with van der Waals surface area (Å²) >= 11 is 0. The van der Waals surface area contributed by atoms with Crippen LogP contribution in [0.25, 0.3) is 0 Å². The van der Waals surface area contributed by atoms with Crippen molar-refractivity contribution in [2.75, 3.05) is 6.26 Å². The molecule has 5 nitrogen and oxygen atoms in total. The molecule has 2 aromatic rings. The van der Waals surface area contributed by atoms with Crippen LogP contribution in [0.3, 0.4) is 0 Å². The second kappa shape index (κ2) is 8.35. The van der Waals surface area contributed by atoms with Crippen molar-refractivity contribution in [1.29, 1.82) is 0 Å². The topological polar surface area (TPSA) is 63.7 Å². The van der Waals surface area contributed by atoms with Gasteiger partial charge in [-0.1, -0.05) is 49.4 Å². The van der Waals surface area contributed by atoms with Gasteiger partial charge in [0.25, 0.3) is 0 Å². The van der Waals surface area contributed by atoms with Gasteiger partial charge in [0, 0.05) is 18.5 Å². The molecule has 0 bridgehead atoms. The summed E-state index contributed by atoms with van der Waals surface area (Å²) in [5.74, 6) is 0.745. The van der Waals surface area contributed by atoms with E-state index in [1.165, 1.54) is 5.56 Å². The van der Waals surface area contributed by atoms with E-state index in [4.69, 9.17) is 4.18 Å². The highest BCUT2D eigenvalue weighted by atomic mass is 32.2. The van der Waals surface area contributed by atoms with Gasteiger partial charge in [-0.3, -0.25) is 4.79 Å². The molecule has 1 aliphatic carbocycles. The number of benzene rings is 2. The van der Waals surface area contributed by atoms with Crippen LogP contribution in [0.2, 0.25) is 0 Å². The van der Waals surface area contributed by atoms with E-state index in [1.807, 2.05) is 29.2 Å². The first-order valence-electron chi connectivity index (χ1n) is 9.62. The molecule has 3 rings (SSSR count). The largest absolute Gasteiger partial charge is 0.383 e. The molecule has 3 atom stereocenters. The van der Waals surface area contributed by atoms with Gasteiger partial charge in [0.1, 0.15) is 5.75 Å². The molecule has 1 aliphatic rings. The second-order valence-electron chi connectivity index (χ2n) is 7.52. The zero-order chi connectivity index (χ0) is 20.3. The highest BCUT2D eigenvalue weighted by Crippen LogP contribution is 2.48. The standard InChI is InChI=1S/C22H27NO4S/c1-4-16(2)23(15-17-9-8-12-19(13-17)27-28(3,25)26)22(24)21-14-20(21)18-10-6-5-7-11-18/h5-13,16,20-21H,4,14-15H2,1-3H3. The summed E-state index contributed by atoms with van der Waals surface area (Å²) < 4.78 is 27.7. The van der Waals surface area contributed by atoms with E-state index in [0.717, 1.165) is 24.7 Å². The lowest BCUT2D eigenvalue weighted by Gasteiger charge is -2.29. The maximum atomic E-state index is 13.2. The Hall–Kier alpha value is -2.34. The molecule has 28 heavy (non-hydrogen) atoms. The number of hydrogen-bond donors (Lipinski definition) is 0. The summed E-state index contributed by atoms with van der Waals surface area (Å²) in [5.41, 5.74) is 2.07. The van der Waals surface area contributed by atoms with Gasteiger partial charge in [0.05, 0.1) is 6.26 Å². The van der Waals surface area contributed by atoms with Crippen molar-refractivity contribution in [3.05, 3.63) is 65.7 Å². The summed E-state index contributed by atoms with van der Waals surface area (Å²) in [7, 11) is -3.58. The molecule has 1 saturated carbocycles. The van der Waals surface area contributed by atoms with E-state index >= 15 is 0 Å². The van der Waals surface area contributed by atoms with Crippen LogP contribution in [0.15, 0.2) is 54.6 Å². The van der Waals surface area contributed by atoms with Crippen LogP contribution in [0.4, 0.5) is 0 Å². The summed E-state index contributed by atoms with van der Waals surface area (Å²) in [6.45, 7) is 4.55. The van der Waals surface area contributed by atoms with Gasteiger partial charge in [-0.2, -0.15) is 8.42 Å². The van der Waals surface area contributed by atoms with Crippen LogP contribution in [0, 0.1) is 5.92 Å². The van der Waals surface area contributed by atoms with E-state index in [9.17, 15) is 13.2 Å². The Labute approximate surface area is 167 Å². The van der Waals surface area contributed by atoms with Gasteiger partial charge in [-0.25, -0.2) is 0 Å². The number of amides is 1. The van der Waals surface area contributed by atoms with Gasteiger partial charge in [-0.05, 0) is 48.9 Å². The van der Waals surface area contributed by atoms with Crippen molar-refractivity contribution in [1.82, 2.24) is 4.90 Å². The van der Waals surface area contributed by atoms with Gasteiger partial charge < -0.3 is 9.08 Å². The molecule has 150 valence electrons. The van der Waals surface area contributed by atoms with E-state index in [0.29, 0.717) is 12.5 Å². The highest BCUT2D eigenvalue weighted by Gasteiger charge is 2.46. The van der Waals surface area contributed by atoms with Crippen molar-refractivity contribution in [3.8, 4) is 5.75 Å². The van der Waals surface area contributed by atoms with E-state index in [2.05, 4.69) is 26.0 Å². The summed E-state index contributed by atoms with van der Waals surface area (Å²) in [6, 6.07) is 17.2. The maximum absolute atomic E-state index is 13.2. The van der Waals surface area contributed by atoms with Gasteiger partial charge in [-0.15, -0.1) is 0 Å². The van der Waals surface area contributed by atoms with E-state index in [-0.39, 0.29) is 23.6 Å². The molecule has 0 aromatic heterocycles. The van der Waals surface area contributed by atoms with Crippen molar-refractivity contribution >= 4 is 16.0 Å². The normalized spacial score (nSPS) is 19.7. The quantitative estimate of drug-likeness (QED) is 0.628. The smallest absolute Gasteiger partial charge is 0.306 e. The molecular weight excluding hydrogens is 374 g/mol. The molecule has 0 spiro atoms. The molecule has 1 amide bonds. The van der Waals surface area contributed by atoms with Crippen LogP contribution in [-0.4, -0.2) is 31.5 Å². The van der Waals surface area contributed by atoms with Crippen LogP contribution < -0.4 is 4.18 Å². The lowest BCUT2D eigenvalue weighted by molar-refractivity contribution is -0.135. The molecular formula is C22H27NO4S. The third-order valence-corrected chi connectivity index (χ3v) is 5.74. The van der Waals surface area contributed by atoms with Crippen LogP contribution in [-0.2, 0) is 21.5 Å².